The minimum Gasteiger partial charge on any atom is -0.494 e. The predicted molar refractivity (Wildman–Crippen MR) is 78.3 cm³/mol. The fraction of sp³-hybridized carbons (Fsp3) is 0.647. The molecular weight excluding hydrogens is 253 g/mol. The maximum absolute atomic E-state index is 14.0. The molecule has 2 aliphatic carbocycles. The van der Waals surface area contributed by atoms with Gasteiger partial charge in [-0.05, 0) is 61.3 Å². The molecule has 1 aromatic carbocycles. The molecule has 1 aromatic rings. The van der Waals surface area contributed by atoms with E-state index in [1.54, 1.807) is 12.1 Å². The summed E-state index contributed by atoms with van der Waals surface area (Å²) >= 11 is 0. The largest absolute Gasteiger partial charge is 0.494 e. The summed E-state index contributed by atoms with van der Waals surface area (Å²) in [6, 6.07) is 5.73. The maximum Gasteiger partial charge on any atom is 0.165 e. The second-order valence-electron chi connectivity index (χ2n) is 6.16. The average molecular weight is 277 g/mol. The Bertz CT molecular complexity index is 466. The maximum atomic E-state index is 14.0. The standard InChI is InChI=1S/C17H24FNO/c1-3-9-19-17(16-12-5-4-6-13(12)16)11-7-8-15(20-2)14(18)10-11/h7-8,10,12-13,16-17,19H,3-6,9H2,1-2H3. The Labute approximate surface area is 120 Å². The van der Waals surface area contributed by atoms with Gasteiger partial charge < -0.3 is 10.1 Å². The molecule has 3 atom stereocenters. The Morgan fingerprint density at radius 1 is 1.35 bits per heavy atom. The first-order valence-corrected chi connectivity index (χ1v) is 7.83. The van der Waals surface area contributed by atoms with E-state index in [4.69, 9.17) is 4.74 Å². The Morgan fingerprint density at radius 2 is 2.10 bits per heavy atom. The third kappa shape index (κ3) is 2.44. The molecular formula is C17H24FNO. The third-order valence-corrected chi connectivity index (χ3v) is 5.01. The highest BCUT2D eigenvalue weighted by atomic mass is 19.1. The van der Waals surface area contributed by atoms with Crippen LogP contribution in [0.3, 0.4) is 0 Å². The zero-order valence-electron chi connectivity index (χ0n) is 12.4. The molecule has 2 nitrogen and oxygen atoms in total. The minimum absolute atomic E-state index is 0.251. The Hall–Kier alpha value is -1.09. The van der Waals surface area contributed by atoms with Crippen molar-refractivity contribution in [1.82, 2.24) is 5.32 Å². The van der Waals surface area contributed by atoms with Crippen LogP contribution in [0.15, 0.2) is 18.2 Å². The Morgan fingerprint density at radius 3 is 2.70 bits per heavy atom. The molecule has 0 saturated heterocycles. The van der Waals surface area contributed by atoms with Crippen LogP contribution in [0.4, 0.5) is 4.39 Å². The smallest absolute Gasteiger partial charge is 0.165 e. The van der Waals surface area contributed by atoms with E-state index in [0.717, 1.165) is 30.4 Å². The van der Waals surface area contributed by atoms with Crippen molar-refractivity contribution in [2.24, 2.45) is 17.8 Å². The first-order valence-electron chi connectivity index (χ1n) is 7.83. The summed E-state index contributed by atoms with van der Waals surface area (Å²) in [5, 5.41) is 3.63. The highest BCUT2D eigenvalue weighted by Crippen LogP contribution is 2.62. The van der Waals surface area contributed by atoms with E-state index in [2.05, 4.69) is 12.2 Å². The van der Waals surface area contributed by atoms with E-state index < -0.39 is 0 Å². The van der Waals surface area contributed by atoms with Crippen molar-refractivity contribution in [1.29, 1.82) is 0 Å². The molecule has 0 aromatic heterocycles. The van der Waals surface area contributed by atoms with E-state index in [9.17, 15) is 4.39 Å². The SMILES string of the molecule is CCCNC(c1ccc(OC)c(F)c1)C1C2CCCC21. The second-order valence-corrected chi connectivity index (χ2v) is 6.16. The van der Waals surface area contributed by atoms with E-state index >= 15 is 0 Å². The van der Waals surface area contributed by atoms with Gasteiger partial charge >= 0.3 is 0 Å². The summed E-state index contributed by atoms with van der Waals surface area (Å²) in [4.78, 5) is 0. The van der Waals surface area contributed by atoms with E-state index in [1.807, 2.05) is 6.07 Å². The van der Waals surface area contributed by atoms with E-state index in [-0.39, 0.29) is 5.82 Å². The van der Waals surface area contributed by atoms with Gasteiger partial charge in [0.05, 0.1) is 7.11 Å². The average Bonchev–Trinajstić information content (AvgIpc) is 2.92. The summed E-state index contributed by atoms with van der Waals surface area (Å²) in [7, 11) is 1.51. The monoisotopic (exact) mass is 277 g/mol. The zero-order valence-corrected chi connectivity index (χ0v) is 12.4. The number of nitrogens with one attached hydrogen (secondary N) is 1. The van der Waals surface area contributed by atoms with Gasteiger partial charge in [0.25, 0.3) is 0 Å². The van der Waals surface area contributed by atoms with Crippen LogP contribution in [0.1, 0.15) is 44.2 Å². The number of halogens is 1. The molecule has 0 bridgehead atoms. The van der Waals surface area contributed by atoms with Crippen molar-refractivity contribution in [3.05, 3.63) is 29.6 Å². The quantitative estimate of drug-likeness (QED) is 0.851. The van der Waals surface area contributed by atoms with Crippen LogP contribution >= 0.6 is 0 Å². The summed E-state index contributed by atoms with van der Waals surface area (Å²) in [6.45, 7) is 3.17. The molecule has 20 heavy (non-hydrogen) atoms. The normalized spacial score (nSPS) is 29.1. The lowest BCUT2D eigenvalue weighted by molar-refractivity contribution is 0.382. The molecule has 0 aliphatic heterocycles. The van der Waals surface area contributed by atoms with Crippen LogP contribution in [-0.4, -0.2) is 13.7 Å². The van der Waals surface area contributed by atoms with Crippen molar-refractivity contribution in [3.8, 4) is 5.75 Å². The van der Waals surface area contributed by atoms with Crippen molar-refractivity contribution >= 4 is 0 Å². The van der Waals surface area contributed by atoms with Gasteiger partial charge in [-0.2, -0.15) is 0 Å². The molecule has 110 valence electrons. The molecule has 0 heterocycles. The number of methoxy groups -OCH3 is 1. The summed E-state index contributed by atoms with van der Waals surface area (Å²) in [5.41, 5.74) is 1.08. The van der Waals surface area contributed by atoms with Crippen LogP contribution in [-0.2, 0) is 0 Å². The number of rotatable bonds is 6. The van der Waals surface area contributed by atoms with Gasteiger partial charge in [0.15, 0.2) is 11.6 Å². The fourth-order valence-corrected chi connectivity index (χ4v) is 4.02. The molecule has 3 rings (SSSR count). The molecule has 0 spiro atoms. The molecule has 0 radical (unpaired) electrons. The molecule has 2 saturated carbocycles. The zero-order chi connectivity index (χ0) is 14.1. The highest BCUT2D eigenvalue weighted by molar-refractivity contribution is 5.32. The molecule has 3 unspecified atom stereocenters. The van der Waals surface area contributed by atoms with Crippen LogP contribution in [0.5, 0.6) is 5.75 Å². The van der Waals surface area contributed by atoms with Crippen molar-refractivity contribution in [3.63, 3.8) is 0 Å². The van der Waals surface area contributed by atoms with Crippen molar-refractivity contribution in [2.75, 3.05) is 13.7 Å². The Kier molecular flexibility index (Phi) is 3.97. The molecule has 0 amide bonds. The van der Waals surface area contributed by atoms with Gasteiger partial charge in [-0.1, -0.05) is 19.4 Å². The number of ether oxygens (including phenoxy) is 1. The van der Waals surface area contributed by atoms with Crippen LogP contribution in [0.2, 0.25) is 0 Å². The van der Waals surface area contributed by atoms with Crippen LogP contribution < -0.4 is 10.1 Å². The predicted octanol–water partition coefficient (Wildman–Crippen LogP) is 3.92. The van der Waals surface area contributed by atoms with E-state index in [1.165, 1.54) is 26.4 Å². The van der Waals surface area contributed by atoms with E-state index in [0.29, 0.717) is 17.7 Å². The highest BCUT2D eigenvalue weighted by Gasteiger charge is 2.55. The minimum atomic E-state index is -0.251. The van der Waals surface area contributed by atoms with Gasteiger partial charge in [-0.3, -0.25) is 0 Å². The van der Waals surface area contributed by atoms with Gasteiger partial charge in [-0.15, -0.1) is 0 Å². The topological polar surface area (TPSA) is 21.3 Å². The molecule has 2 aliphatic rings. The number of benzene rings is 1. The first kappa shape index (κ1) is 13.9. The van der Waals surface area contributed by atoms with Gasteiger partial charge in [0.1, 0.15) is 0 Å². The van der Waals surface area contributed by atoms with Crippen LogP contribution in [0, 0.1) is 23.6 Å². The lowest BCUT2D eigenvalue weighted by Crippen LogP contribution is -2.25. The molecule has 1 N–H and O–H groups in total. The summed E-state index contributed by atoms with van der Waals surface area (Å²) < 4.78 is 19.0. The second kappa shape index (κ2) is 5.72. The molecule has 3 heteroatoms. The van der Waals surface area contributed by atoms with Crippen molar-refractivity contribution in [2.45, 2.75) is 38.6 Å². The van der Waals surface area contributed by atoms with Crippen molar-refractivity contribution < 1.29 is 9.13 Å². The number of hydrogen-bond acceptors (Lipinski definition) is 2. The third-order valence-electron chi connectivity index (χ3n) is 5.01. The van der Waals surface area contributed by atoms with Gasteiger partial charge in [-0.25, -0.2) is 4.39 Å². The lowest BCUT2D eigenvalue weighted by atomic mass is 9.96. The van der Waals surface area contributed by atoms with Crippen LogP contribution in [0.25, 0.3) is 0 Å². The molecule has 2 fully saturated rings. The fourth-order valence-electron chi connectivity index (χ4n) is 4.02. The first-order chi connectivity index (χ1) is 9.76. The lowest BCUT2D eigenvalue weighted by Gasteiger charge is -2.21. The Balaban J connectivity index is 1.80. The van der Waals surface area contributed by atoms with Gasteiger partial charge in [0, 0.05) is 6.04 Å². The number of hydrogen-bond donors (Lipinski definition) is 1. The number of fused-ring (bicyclic) bond motifs is 1. The van der Waals surface area contributed by atoms with Gasteiger partial charge in [0.2, 0.25) is 0 Å². The summed E-state index contributed by atoms with van der Waals surface area (Å²) in [6.07, 6.45) is 5.21. The summed E-state index contributed by atoms with van der Waals surface area (Å²) in [5.74, 6) is 2.53.